The van der Waals surface area contributed by atoms with E-state index in [4.69, 9.17) is 4.74 Å². The van der Waals surface area contributed by atoms with Crippen LogP contribution in [0.2, 0.25) is 0 Å². The van der Waals surface area contributed by atoms with E-state index in [9.17, 15) is 18.0 Å². The van der Waals surface area contributed by atoms with Crippen molar-refractivity contribution < 1.29 is 22.7 Å². The predicted molar refractivity (Wildman–Crippen MR) is 90.3 cm³/mol. The number of ether oxygens (including phenoxy) is 1. The van der Waals surface area contributed by atoms with E-state index in [-0.39, 0.29) is 11.7 Å². The lowest BCUT2D eigenvalue weighted by atomic mass is 9.85. The molecule has 0 bridgehead atoms. The van der Waals surface area contributed by atoms with E-state index < -0.39 is 18.0 Å². The second-order valence-corrected chi connectivity index (χ2v) is 6.37. The highest BCUT2D eigenvalue weighted by Crippen LogP contribution is 2.43. The molecule has 0 fully saturated rings. The van der Waals surface area contributed by atoms with Crippen LogP contribution < -0.4 is 10.1 Å². The molecule has 1 aliphatic carbocycles. The summed E-state index contributed by atoms with van der Waals surface area (Å²) < 4.78 is 46.3. The monoisotopic (exact) mass is 378 g/mol. The number of fused-ring (bicyclic) bond motifs is 1. The number of aromatic nitrogens is 3. The van der Waals surface area contributed by atoms with Gasteiger partial charge >= 0.3 is 6.18 Å². The average molecular weight is 378 g/mol. The zero-order valence-corrected chi connectivity index (χ0v) is 14.5. The fourth-order valence-electron chi connectivity index (χ4n) is 3.56. The number of alkyl halides is 3. The molecular formula is C18H17F3N4O2. The smallest absolute Gasteiger partial charge is 0.453 e. The van der Waals surface area contributed by atoms with Gasteiger partial charge in [-0.25, -0.2) is 4.68 Å². The maximum Gasteiger partial charge on any atom is 0.453 e. The minimum absolute atomic E-state index is 0.0212. The van der Waals surface area contributed by atoms with Crippen LogP contribution in [0.5, 0.6) is 5.75 Å². The van der Waals surface area contributed by atoms with Gasteiger partial charge in [-0.3, -0.25) is 4.79 Å². The second-order valence-electron chi connectivity index (χ2n) is 6.37. The number of nitrogens with zero attached hydrogens (tertiary/aromatic N) is 3. The number of carbonyl (C=O) groups excluding carboxylic acids is 1. The summed E-state index contributed by atoms with van der Waals surface area (Å²) in [5.41, 5.74) is 1.62. The van der Waals surface area contributed by atoms with Gasteiger partial charge in [0, 0.05) is 23.3 Å². The number of hydrogen-bond acceptors (Lipinski definition) is 5. The molecule has 1 aromatic heterocycles. The Kier molecular flexibility index (Phi) is 4.16. The number of carbonyl (C=O) groups is 1. The minimum Gasteiger partial charge on any atom is -0.494 e. The Balaban J connectivity index is 1.93. The summed E-state index contributed by atoms with van der Waals surface area (Å²) in [6.07, 6.45) is -3.11. The van der Waals surface area contributed by atoms with E-state index >= 15 is 0 Å². The summed E-state index contributed by atoms with van der Waals surface area (Å²) in [5, 5.41) is 6.56. The standard InChI is InChI=1S/C18H17F3N4O2/c1-2-27-13-9-4-3-6-10(13)15-14-11(7-5-8-12(14)26)22-17-23-16(18(19,20)21)24-25(15)17/h3-4,6,9,15H,2,5,7-8H2,1H3,(H,22,23,24)/t15-/m0/s1. The first-order valence-electron chi connectivity index (χ1n) is 8.69. The Bertz CT molecular complexity index is 933. The van der Waals surface area contributed by atoms with E-state index in [2.05, 4.69) is 15.4 Å². The number of allylic oxidation sites excluding steroid dienone is 2. The SMILES string of the molecule is CCOc1ccccc1[C@H]1C2=C(CCCC2=O)Nc2nc(C(F)(F)F)nn21. The van der Waals surface area contributed by atoms with Crippen molar-refractivity contribution in [3.05, 3.63) is 46.9 Å². The summed E-state index contributed by atoms with van der Waals surface area (Å²) in [6.45, 7) is 2.21. The van der Waals surface area contributed by atoms with Crippen molar-refractivity contribution in [1.29, 1.82) is 0 Å². The highest BCUT2D eigenvalue weighted by Gasteiger charge is 2.42. The first-order valence-corrected chi connectivity index (χ1v) is 8.69. The van der Waals surface area contributed by atoms with Crippen LogP contribution in [0.3, 0.4) is 0 Å². The first-order chi connectivity index (χ1) is 12.9. The van der Waals surface area contributed by atoms with E-state index in [0.29, 0.717) is 48.5 Å². The number of Topliss-reactive ketones (excluding diaryl/α,β-unsaturated/α-hetero) is 1. The van der Waals surface area contributed by atoms with Crippen molar-refractivity contribution in [1.82, 2.24) is 14.8 Å². The van der Waals surface area contributed by atoms with Gasteiger partial charge < -0.3 is 10.1 Å². The number of halogens is 3. The molecule has 0 unspecified atom stereocenters. The summed E-state index contributed by atoms with van der Waals surface area (Å²) in [7, 11) is 0. The topological polar surface area (TPSA) is 69.0 Å². The quantitative estimate of drug-likeness (QED) is 0.882. The van der Waals surface area contributed by atoms with Gasteiger partial charge in [0.05, 0.1) is 6.61 Å². The number of anilines is 1. The molecule has 1 atom stereocenters. The zero-order valence-electron chi connectivity index (χ0n) is 14.5. The number of rotatable bonds is 3. The van der Waals surface area contributed by atoms with Crippen LogP contribution in [0.1, 0.15) is 43.6 Å². The summed E-state index contributed by atoms with van der Waals surface area (Å²) in [4.78, 5) is 16.3. The molecule has 4 rings (SSSR count). The zero-order chi connectivity index (χ0) is 19.2. The molecule has 1 aromatic carbocycles. The largest absolute Gasteiger partial charge is 0.494 e. The fraction of sp³-hybridized carbons (Fsp3) is 0.389. The summed E-state index contributed by atoms with van der Waals surface area (Å²) in [5.74, 6) is -0.856. The van der Waals surface area contributed by atoms with Crippen LogP contribution in [0.25, 0.3) is 0 Å². The minimum atomic E-state index is -4.68. The van der Waals surface area contributed by atoms with Crippen LogP contribution in [0.15, 0.2) is 35.5 Å². The van der Waals surface area contributed by atoms with Crippen LogP contribution in [-0.4, -0.2) is 27.2 Å². The Morgan fingerprint density at radius 2 is 2.07 bits per heavy atom. The van der Waals surface area contributed by atoms with Gasteiger partial charge in [-0.05, 0) is 25.8 Å². The first kappa shape index (κ1) is 17.6. The van der Waals surface area contributed by atoms with Crippen molar-refractivity contribution in [2.45, 2.75) is 38.4 Å². The molecule has 9 heteroatoms. The average Bonchev–Trinajstić information content (AvgIpc) is 3.05. The molecule has 0 amide bonds. The van der Waals surface area contributed by atoms with Gasteiger partial charge in [-0.2, -0.15) is 18.2 Å². The fourth-order valence-corrected chi connectivity index (χ4v) is 3.56. The molecule has 27 heavy (non-hydrogen) atoms. The molecule has 2 aromatic rings. The predicted octanol–water partition coefficient (Wildman–Crippen LogP) is 3.72. The van der Waals surface area contributed by atoms with Gasteiger partial charge in [0.15, 0.2) is 5.78 Å². The van der Waals surface area contributed by atoms with Crippen molar-refractivity contribution in [2.75, 3.05) is 11.9 Å². The van der Waals surface area contributed by atoms with E-state index in [1.54, 1.807) is 24.3 Å². The van der Waals surface area contributed by atoms with Crippen LogP contribution >= 0.6 is 0 Å². The number of para-hydroxylation sites is 1. The maximum atomic E-state index is 13.2. The Labute approximate surface area is 153 Å². The van der Waals surface area contributed by atoms with Gasteiger partial charge in [0.1, 0.15) is 11.8 Å². The van der Waals surface area contributed by atoms with E-state index in [1.807, 2.05) is 6.92 Å². The third-order valence-electron chi connectivity index (χ3n) is 4.64. The molecule has 0 saturated carbocycles. The van der Waals surface area contributed by atoms with Crippen molar-refractivity contribution in [3.8, 4) is 5.75 Å². The molecule has 0 radical (unpaired) electrons. The lowest BCUT2D eigenvalue weighted by Gasteiger charge is -2.32. The molecule has 0 saturated heterocycles. The highest BCUT2D eigenvalue weighted by atomic mass is 19.4. The second kappa shape index (κ2) is 6.40. The molecule has 1 aliphatic heterocycles. The van der Waals surface area contributed by atoms with Crippen molar-refractivity contribution in [2.24, 2.45) is 0 Å². The van der Waals surface area contributed by atoms with Gasteiger partial charge in [-0.1, -0.05) is 18.2 Å². The van der Waals surface area contributed by atoms with Gasteiger partial charge in [0.25, 0.3) is 5.82 Å². The molecular weight excluding hydrogens is 361 g/mol. The normalized spacial score (nSPS) is 19.4. The molecule has 142 valence electrons. The number of benzene rings is 1. The third-order valence-corrected chi connectivity index (χ3v) is 4.64. The van der Waals surface area contributed by atoms with Gasteiger partial charge in [0.2, 0.25) is 5.95 Å². The highest BCUT2D eigenvalue weighted by molar-refractivity contribution is 5.99. The maximum absolute atomic E-state index is 13.2. The van der Waals surface area contributed by atoms with Crippen molar-refractivity contribution in [3.63, 3.8) is 0 Å². The number of ketones is 1. The summed E-state index contributed by atoms with van der Waals surface area (Å²) >= 11 is 0. The van der Waals surface area contributed by atoms with Crippen LogP contribution in [-0.2, 0) is 11.0 Å². The van der Waals surface area contributed by atoms with Crippen molar-refractivity contribution >= 4 is 11.7 Å². The summed E-state index contributed by atoms with van der Waals surface area (Å²) in [6, 6.07) is 6.20. The molecule has 6 nitrogen and oxygen atoms in total. The number of nitrogens with one attached hydrogen (secondary N) is 1. The Morgan fingerprint density at radius 1 is 1.30 bits per heavy atom. The van der Waals surface area contributed by atoms with Crippen LogP contribution in [0, 0.1) is 0 Å². The third kappa shape index (κ3) is 2.96. The molecule has 2 heterocycles. The molecule has 2 aliphatic rings. The van der Waals surface area contributed by atoms with Crippen LogP contribution in [0.4, 0.5) is 19.1 Å². The Hall–Kier alpha value is -2.84. The van der Waals surface area contributed by atoms with Gasteiger partial charge in [-0.15, -0.1) is 5.10 Å². The Morgan fingerprint density at radius 3 is 2.81 bits per heavy atom. The lowest BCUT2D eigenvalue weighted by Crippen LogP contribution is -2.31. The molecule has 0 spiro atoms. The van der Waals surface area contributed by atoms with E-state index in [0.717, 1.165) is 4.68 Å². The lowest BCUT2D eigenvalue weighted by molar-refractivity contribution is -0.145. The van der Waals surface area contributed by atoms with E-state index in [1.165, 1.54) is 0 Å². The number of hydrogen-bond donors (Lipinski definition) is 1. The molecule has 1 N–H and O–H groups in total.